The molecule has 2 fully saturated rings. The molecule has 1 heterocycles. The summed E-state index contributed by atoms with van der Waals surface area (Å²) in [7, 11) is 2.34. The van der Waals surface area contributed by atoms with Crippen molar-refractivity contribution in [3.8, 4) is 0 Å². The lowest BCUT2D eigenvalue weighted by molar-refractivity contribution is -0.123. The summed E-state index contributed by atoms with van der Waals surface area (Å²) >= 11 is 0. The SMILES string of the molecule is CN(C1CCN(CCCCCOC(C)(C)C)CC1)C1CC(OC(C)(C)C)C1. The predicted molar refractivity (Wildman–Crippen MR) is 114 cm³/mol. The number of hydrogen-bond acceptors (Lipinski definition) is 4. The number of rotatable bonds is 9. The van der Waals surface area contributed by atoms with Crippen molar-refractivity contribution >= 4 is 0 Å². The molecule has 1 aliphatic carbocycles. The average molecular weight is 383 g/mol. The molecule has 0 aromatic rings. The highest BCUT2D eigenvalue weighted by atomic mass is 16.5. The zero-order chi connectivity index (χ0) is 20.1. The molecule has 4 nitrogen and oxygen atoms in total. The largest absolute Gasteiger partial charge is 0.376 e. The van der Waals surface area contributed by atoms with Gasteiger partial charge in [-0.2, -0.15) is 0 Å². The van der Waals surface area contributed by atoms with Crippen molar-refractivity contribution in [1.29, 1.82) is 0 Å². The Morgan fingerprint density at radius 3 is 2.04 bits per heavy atom. The van der Waals surface area contributed by atoms with Gasteiger partial charge in [0.2, 0.25) is 0 Å². The Balaban J connectivity index is 1.53. The smallest absolute Gasteiger partial charge is 0.0612 e. The van der Waals surface area contributed by atoms with E-state index in [1.165, 1.54) is 64.6 Å². The molecular formula is C23H46N2O2. The van der Waals surface area contributed by atoms with Gasteiger partial charge in [-0.25, -0.2) is 0 Å². The van der Waals surface area contributed by atoms with E-state index >= 15 is 0 Å². The van der Waals surface area contributed by atoms with Crippen LogP contribution in [-0.4, -0.2) is 72.5 Å². The van der Waals surface area contributed by atoms with Crippen LogP contribution in [0.2, 0.25) is 0 Å². The molecule has 0 bridgehead atoms. The van der Waals surface area contributed by atoms with Gasteiger partial charge >= 0.3 is 0 Å². The normalized spacial score (nSPS) is 25.8. The second kappa shape index (κ2) is 10.0. The number of unbranched alkanes of at least 4 members (excludes halogenated alkanes) is 2. The van der Waals surface area contributed by atoms with Gasteiger partial charge in [0.25, 0.3) is 0 Å². The molecule has 0 unspecified atom stereocenters. The fourth-order valence-corrected chi connectivity index (χ4v) is 4.31. The van der Waals surface area contributed by atoms with Gasteiger partial charge in [-0.15, -0.1) is 0 Å². The minimum Gasteiger partial charge on any atom is -0.376 e. The molecule has 0 aromatic heterocycles. The van der Waals surface area contributed by atoms with Crippen LogP contribution in [0.1, 0.15) is 86.5 Å². The van der Waals surface area contributed by atoms with E-state index in [9.17, 15) is 0 Å². The van der Waals surface area contributed by atoms with Crippen LogP contribution in [0.25, 0.3) is 0 Å². The lowest BCUT2D eigenvalue weighted by atomic mass is 9.85. The molecule has 0 amide bonds. The molecule has 2 rings (SSSR count). The molecule has 1 saturated carbocycles. The number of hydrogen-bond donors (Lipinski definition) is 0. The molecule has 0 N–H and O–H groups in total. The van der Waals surface area contributed by atoms with E-state index in [0.29, 0.717) is 6.10 Å². The number of likely N-dealkylation sites (tertiary alicyclic amines) is 1. The second-order valence-corrected chi connectivity index (χ2v) is 10.7. The summed E-state index contributed by atoms with van der Waals surface area (Å²) in [5, 5.41) is 0. The summed E-state index contributed by atoms with van der Waals surface area (Å²) in [4.78, 5) is 5.32. The fraction of sp³-hybridized carbons (Fsp3) is 1.00. The summed E-state index contributed by atoms with van der Waals surface area (Å²) in [6.45, 7) is 17.6. The van der Waals surface area contributed by atoms with Crippen molar-refractivity contribution < 1.29 is 9.47 Å². The number of ether oxygens (including phenoxy) is 2. The van der Waals surface area contributed by atoms with Crippen LogP contribution in [0.5, 0.6) is 0 Å². The first-order valence-corrected chi connectivity index (χ1v) is 11.3. The van der Waals surface area contributed by atoms with Crippen LogP contribution in [-0.2, 0) is 9.47 Å². The molecule has 0 spiro atoms. The molecule has 1 aliphatic heterocycles. The van der Waals surface area contributed by atoms with Gasteiger partial charge < -0.3 is 19.3 Å². The quantitative estimate of drug-likeness (QED) is 0.539. The summed E-state index contributed by atoms with van der Waals surface area (Å²) in [6.07, 6.45) is 9.33. The van der Waals surface area contributed by atoms with Gasteiger partial charge in [0.15, 0.2) is 0 Å². The van der Waals surface area contributed by atoms with E-state index < -0.39 is 0 Å². The fourth-order valence-electron chi connectivity index (χ4n) is 4.31. The van der Waals surface area contributed by atoms with Crippen molar-refractivity contribution in [2.75, 3.05) is 33.3 Å². The molecule has 1 saturated heterocycles. The van der Waals surface area contributed by atoms with Crippen LogP contribution in [0, 0.1) is 0 Å². The van der Waals surface area contributed by atoms with Gasteiger partial charge in [0, 0.05) is 18.7 Å². The van der Waals surface area contributed by atoms with Gasteiger partial charge in [-0.1, -0.05) is 0 Å². The second-order valence-electron chi connectivity index (χ2n) is 10.7. The van der Waals surface area contributed by atoms with Crippen molar-refractivity contribution in [2.45, 2.75) is 116 Å². The van der Waals surface area contributed by atoms with Crippen LogP contribution in [0.15, 0.2) is 0 Å². The monoisotopic (exact) mass is 382 g/mol. The molecular weight excluding hydrogens is 336 g/mol. The Labute approximate surface area is 169 Å². The highest BCUT2D eigenvalue weighted by molar-refractivity contribution is 4.92. The Morgan fingerprint density at radius 2 is 1.48 bits per heavy atom. The first-order valence-electron chi connectivity index (χ1n) is 11.3. The van der Waals surface area contributed by atoms with Crippen LogP contribution in [0.4, 0.5) is 0 Å². The van der Waals surface area contributed by atoms with Crippen LogP contribution < -0.4 is 0 Å². The van der Waals surface area contributed by atoms with Crippen molar-refractivity contribution in [3.63, 3.8) is 0 Å². The lowest BCUT2D eigenvalue weighted by Gasteiger charge is -2.47. The lowest BCUT2D eigenvalue weighted by Crippen LogP contribution is -2.54. The topological polar surface area (TPSA) is 24.9 Å². The maximum Gasteiger partial charge on any atom is 0.0612 e. The van der Waals surface area contributed by atoms with E-state index in [0.717, 1.165) is 18.7 Å². The van der Waals surface area contributed by atoms with Gasteiger partial charge in [-0.3, -0.25) is 0 Å². The van der Waals surface area contributed by atoms with Gasteiger partial charge in [0.05, 0.1) is 17.3 Å². The third-order valence-electron chi connectivity index (χ3n) is 5.95. The summed E-state index contributed by atoms with van der Waals surface area (Å²) in [5.74, 6) is 0. The molecule has 0 aromatic carbocycles. The zero-order valence-corrected chi connectivity index (χ0v) is 19.2. The molecule has 2 aliphatic rings. The molecule has 27 heavy (non-hydrogen) atoms. The first kappa shape index (κ1) is 23.1. The molecule has 0 radical (unpaired) electrons. The van der Waals surface area contributed by atoms with E-state index in [1.54, 1.807) is 0 Å². The highest BCUT2D eigenvalue weighted by Crippen LogP contribution is 2.33. The van der Waals surface area contributed by atoms with Gasteiger partial charge in [-0.05, 0) is 113 Å². The van der Waals surface area contributed by atoms with Crippen LogP contribution in [0.3, 0.4) is 0 Å². The maximum atomic E-state index is 6.11. The van der Waals surface area contributed by atoms with E-state index in [4.69, 9.17) is 9.47 Å². The Morgan fingerprint density at radius 1 is 0.852 bits per heavy atom. The number of nitrogens with zero attached hydrogens (tertiary/aromatic N) is 2. The van der Waals surface area contributed by atoms with Crippen molar-refractivity contribution in [3.05, 3.63) is 0 Å². The van der Waals surface area contributed by atoms with Gasteiger partial charge in [0.1, 0.15) is 0 Å². The summed E-state index contributed by atoms with van der Waals surface area (Å²) < 4.78 is 11.9. The first-order chi connectivity index (χ1) is 12.5. The van der Waals surface area contributed by atoms with E-state index in [-0.39, 0.29) is 11.2 Å². The maximum absolute atomic E-state index is 6.11. The summed E-state index contributed by atoms with van der Waals surface area (Å²) in [6, 6.07) is 1.50. The Bertz CT molecular complexity index is 413. The molecule has 4 heteroatoms. The summed E-state index contributed by atoms with van der Waals surface area (Å²) in [5.41, 5.74) is 0.00561. The third kappa shape index (κ3) is 8.81. The third-order valence-corrected chi connectivity index (χ3v) is 5.95. The standard InChI is InChI=1S/C23H46N2O2/c1-22(2,3)26-16-10-8-9-13-25-14-11-19(12-15-25)24(7)20-17-21(18-20)27-23(4,5)6/h19-21H,8-18H2,1-7H3. The Kier molecular flexibility index (Phi) is 8.60. The number of piperidine rings is 1. The van der Waals surface area contributed by atoms with E-state index in [2.05, 4.69) is 58.4 Å². The Hall–Kier alpha value is -0.160. The zero-order valence-electron chi connectivity index (χ0n) is 19.2. The molecule has 0 atom stereocenters. The minimum atomic E-state index is -0.00157. The minimum absolute atomic E-state index is 0.00157. The van der Waals surface area contributed by atoms with Crippen molar-refractivity contribution in [1.82, 2.24) is 9.80 Å². The average Bonchev–Trinajstić information content (AvgIpc) is 2.52. The predicted octanol–water partition coefficient (Wildman–Crippen LogP) is 4.71. The molecule has 160 valence electrons. The van der Waals surface area contributed by atoms with Crippen LogP contribution >= 0.6 is 0 Å². The van der Waals surface area contributed by atoms with E-state index in [1.807, 2.05) is 0 Å². The highest BCUT2D eigenvalue weighted by Gasteiger charge is 2.38. The van der Waals surface area contributed by atoms with Crippen molar-refractivity contribution in [2.24, 2.45) is 0 Å².